The number of aliphatic hydroxyl groups excluding tert-OH is 1. The first-order valence-corrected chi connectivity index (χ1v) is 8.93. The SMILES string of the molecule is N#Cc1ccc(CNC(=O)CN2CCOC[C@@H]2[C@H]2CCC[C@H]2O)cc1. The minimum absolute atomic E-state index is 0.0243. The molecule has 6 nitrogen and oxygen atoms in total. The summed E-state index contributed by atoms with van der Waals surface area (Å²) < 4.78 is 5.59. The fraction of sp³-hybridized carbons (Fsp3) is 0.579. The maximum Gasteiger partial charge on any atom is 0.234 e. The van der Waals surface area contributed by atoms with E-state index in [9.17, 15) is 9.90 Å². The van der Waals surface area contributed by atoms with Gasteiger partial charge in [0.05, 0.1) is 37.5 Å². The summed E-state index contributed by atoms with van der Waals surface area (Å²) in [6.45, 7) is 2.71. The Labute approximate surface area is 148 Å². The summed E-state index contributed by atoms with van der Waals surface area (Å²) in [4.78, 5) is 14.5. The number of rotatable bonds is 5. The Balaban J connectivity index is 1.52. The van der Waals surface area contributed by atoms with Crippen molar-refractivity contribution < 1.29 is 14.6 Å². The lowest BCUT2D eigenvalue weighted by Crippen LogP contribution is -2.53. The summed E-state index contributed by atoms with van der Waals surface area (Å²) >= 11 is 0. The molecule has 6 heteroatoms. The van der Waals surface area contributed by atoms with E-state index in [1.807, 2.05) is 12.1 Å². The average Bonchev–Trinajstić information content (AvgIpc) is 3.07. The van der Waals surface area contributed by atoms with Crippen molar-refractivity contribution in [1.82, 2.24) is 10.2 Å². The van der Waals surface area contributed by atoms with Crippen LogP contribution >= 0.6 is 0 Å². The molecule has 0 bridgehead atoms. The van der Waals surface area contributed by atoms with E-state index in [1.54, 1.807) is 12.1 Å². The van der Waals surface area contributed by atoms with Gasteiger partial charge in [0, 0.05) is 25.0 Å². The van der Waals surface area contributed by atoms with Crippen molar-refractivity contribution in [2.75, 3.05) is 26.3 Å². The van der Waals surface area contributed by atoms with E-state index in [-0.39, 0.29) is 24.0 Å². The fourth-order valence-electron chi connectivity index (χ4n) is 3.80. The summed E-state index contributed by atoms with van der Waals surface area (Å²) in [6, 6.07) is 9.41. The van der Waals surface area contributed by atoms with E-state index < -0.39 is 0 Å². The molecule has 0 spiro atoms. The molecule has 3 atom stereocenters. The van der Waals surface area contributed by atoms with E-state index in [0.717, 1.165) is 31.4 Å². The molecule has 134 valence electrons. The van der Waals surface area contributed by atoms with Crippen LogP contribution in [0.4, 0.5) is 0 Å². The zero-order valence-corrected chi connectivity index (χ0v) is 14.4. The van der Waals surface area contributed by atoms with Gasteiger partial charge in [-0.15, -0.1) is 0 Å². The van der Waals surface area contributed by atoms with Crippen LogP contribution in [0, 0.1) is 17.2 Å². The first kappa shape index (κ1) is 17.9. The summed E-state index contributed by atoms with van der Waals surface area (Å²) in [7, 11) is 0. The highest BCUT2D eigenvalue weighted by atomic mass is 16.5. The number of morpholine rings is 1. The minimum atomic E-state index is -0.282. The third kappa shape index (κ3) is 4.57. The van der Waals surface area contributed by atoms with Crippen molar-refractivity contribution in [2.45, 2.75) is 38.0 Å². The first-order chi connectivity index (χ1) is 12.2. The lowest BCUT2D eigenvalue weighted by molar-refractivity contribution is -0.126. The number of nitriles is 1. The van der Waals surface area contributed by atoms with Crippen molar-refractivity contribution in [1.29, 1.82) is 5.26 Å². The highest BCUT2D eigenvalue weighted by Gasteiger charge is 2.38. The molecule has 1 saturated carbocycles. The zero-order chi connectivity index (χ0) is 17.6. The van der Waals surface area contributed by atoms with Gasteiger partial charge in [0.1, 0.15) is 0 Å². The van der Waals surface area contributed by atoms with Crippen LogP contribution in [0.2, 0.25) is 0 Å². The van der Waals surface area contributed by atoms with Crippen molar-refractivity contribution >= 4 is 5.91 Å². The molecule has 0 radical (unpaired) electrons. The molecule has 0 aromatic heterocycles. The largest absolute Gasteiger partial charge is 0.393 e. The molecule has 1 amide bonds. The molecule has 3 rings (SSSR count). The van der Waals surface area contributed by atoms with Crippen LogP contribution in [-0.4, -0.2) is 54.4 Å². The number of ether oxygens (including phenoxy) is 1. The second kappa shape index (κ2) is 8.43. The van der Waals surface area contributed by atoms with Crippen LogP contribution in [0.15, 0.2) is 24.3 Å². The van der Waals surface area contributed by atoms with Crippen LogP contribution in [0.5, 0.6) is 0 Å². The molecule has 2 fully saturated rings. The van der Waals surface area contributed by atoms with E-state index in [4.69, 9.17) is 10.00 Å². The predicted octanol–water partition coefficient (Wildman–Crippen LogP) is 1.04. The maximum atomic E-state index is 12.3. The number of hydrogen-bond acceptors (Lipinski definition) is 5. The average molecular weight is 343 g/mol. The summed E-state index contributed by atoms with van der Waals surface area (Å²) in [6.07, 6.45) is 2.61. The second-order valence-corrected chi connectivity index (χ2v) is 6.86. The van der Waals surface area contributed by atoms with Crippen molar-refractivity contribution in [3.8, 4) is 6.07 Å². The van der Waals surface area contributed by atoms with Crippen molar-refractivity contribution in [3.63, 3.8) is 0 Å². The Morgan fingerprint density at radius 3 is 2.84 bits per heavy atom. The highest BCUT2D eigenvalue weighted by molar-refractivity contribution is 5.78. The monoisotopic (exact) mass is 343 g/mol. The number of hydrogen-bond donors (Lipinski definition) is 2. The van der Waals surface area contributed by atoms with E-state index >= 15 is 0 Å². The zero-order valence-electron chi connectivity index (χ0n) is 14.4. The number of carbonyl (C=O) groups is 1. The number of nitrogens with zero attached hydrogens (tertiary/aromatic N) is 2. The van der Waals surface area contributed by atoms with Crippen LogP contribution in [0.3, 0.4) is 0 Å². The molecule has 1 heterocycles. The molecule has 2 N–H and O–H groups in total. The molecule has 1 aromatic rings. The third-order valence-electron chi connectivity index (χ3n) is 5.23. The van der Waals surface area contributed by atoms with Gasteiger partial charge in [-0.05, 0) is 30.5 Å². The van der Waals surface area contributed by atoms with Gasteiger partial charge >= 0.3 is 0 Å². The Morgan fingerprint density at radius 1 is 1.36 bits per heavy atom. The topological polar surface area (TPSA) is 85.6 Å². The number of aliphatic hydroxyl groups is 1. The Hall–Kier alpha value is -1.94. The molecule has 25 heavy (non-hydrogen) atoms. The Bertz CT molecular complexity index is 626. The van der Waals surface area contributed by atoms with Crippen molar-refractivity contribution in [2.24, 2.45) is 5.92 Å². The number of amides is 1. The standard InChI is InChI=1S/C19H25N3O3/c20-10-14-4-6-15(7-5-14)11-21-19(24)12-22-8-9-25-13-17(22)16-2-1-3-18(16)23/h4-7,16-18,23H,1-3,8-9,11-13H2,(H,21,24)/t16-,17-,18-/m1/s1. The lowest BCUT2D eigenvalue weighted by atomic mass is 9.94. The van der Waals surface area contributed by atoms with Gasteiger partial charge < -0.3 is 15.2 Å². The van der Waals surface area contributed by atoms with Gasteiger partial charge in [-0.1, -0.05) is 18.6 Å². The predicted molar refractivity (Wildman–Crippen MR) is 92.5 cm³/mol. The smallest absolute Gasteiger partial charge is 0.234 e. The Kier molecular flexibility index (Phi) is 6.03. The fourth-order valence-corrected chi connectivity index (χ4v) is 3.80. The van der Waals surface area contributed by atoms with Crippen LogP contribution < -0.4 is 5.32 Å². The molecule has 2 aliphatic rings. The minimum Gasteiger partial charge on any atom is -0.393 e. The molecular formula is C19H25N3O3. The van der Waals surface area contributed by atoms with Crippen molar-refractivity contribution in [3.05, 3.63) is 35.4 Å². The number of benzene rings is 1. The van der Waals surface area contributed by atoms with Gasteiger partial charge in [-0.25, -0.2) is 0 Å². The normalized spacial score (nSPS) is 27.0. The second-order valence-electron chi connectivity index (χ2n) is 6.86. The summed E-state index contributed by atoms with van der Waals surface area (Å²) in [5.74, 6) is 0.176. The van der Waals surface area contributed by atoms with E-state index in [1.165, 1.54) is 0 Å². The van der Waals surface area contributed by atoms with E-state index in [2.05, 4.69) is 16.3 Å². The molecule has 1 aromatic carbocycles. The number of nitrogens with one attached hydrogen (secondary N) is 1. The van der Waals surface area contributed by atoms with Gasteiger partial charge in [-0.3, -0.25) is 9.69 Å². The van der Waals surface area contributed by atoms with Gasteiger partial charge in [-0.2, -0.15) is 5.26 Å². The molecule has 1 aliphatic heterocycles. The van der Waals surface area contributed by atoms with Gasteiger partial charge in [0.15, 0.2) is 0 Å². The molecule has 1 saturated heterocycles. The lowest BCUT2D eigenvalue weighted by Gasteiger charge is -2.39. The quantitative estimate of drug-likeness (QED) is 0.834. The van der Waals surface area contributed by atoms with Gasteiger partial charge in [0.2, 0.25) is 5.91 Å². The summed E-state index contributed by atoms with van der Waals surface area (Å²) in [5, 5.41) is 21.9. The molecule has 0 unspecified atom stereocenters. The maximum absolute atomic E-state index is 12.3. The molecule has 1 aliphatic carbocycles. The molecular weight excluding hydrogens is 318 g/mol. The van der Waals surface area contributed by atoms with Crippen LogP contribution in [0.1, 0.15) is 30.4 Å². The van der Waals surface area contributed by atoms with Crippen LogP contribution in [0.25, 0.3) is 0 Å². The first-order valence-electron chi connectivity index (χ1n) is 8.93. The van der Waals surface area contributed by atoms with E-state index in [0.29, 0.717) is 31.9 Å². The Morgan fingerprint density at radius 2 is 2.16 bits per heavy atom. The highest BCUT2D eigenvalue weighted by Crippen LogP contribution is 2.32. The summed E-state index contributed by atoms with van der Waals surface area (Å²) in [5.41, 5.74) is 1.58. The third-order valence-corrected chi connectivity index (χ3v) is 5.23. The van der Waals surface area contributed by atoms with Crippen LogP contribution in [-0.2, 0) is 16.1 Å². The number of carbonyl (C=O) groups excluding carboxylic acids is 1. The van der Waals surface area contributed by atoms with Gasteiger partial charge in [0.25, 0.3) is 0 Å².